The number of hydrogen-bond donors (Lipinski definition) is 1. The lowest BCUT2D eigenvalue weighted by molar-refractivity contribution is 0.0585. The average Bonchev–Trinajstić information content (AvgIpc) is 2.28. The molecule has 0 spiro atoms. The van der Waals surface area contributed by atoms with Crippen molar-refractivity contribution >= 4 is 17.5 Å². The first-order valence-electron chi connectivity index (χ1n) is 6.28. The SMILES string of the molecule is CC1CCN(C(=O)c2ccc(Cl)cc2O)C(C)C1. The summed E-state index contributed by atoms with van der Waals surface area (Å²) in [4.78, 5) is 14.2. The van der Waals surface area contributed by atoms with Crippen LogP contribution in [0.25, 0.3) is 0 Å². The second-order valence-electron chi connectivity index (χ2n) is 5.14. The van der Waals surface area contributed by atoms with Gasteiger partial charge in [-0.2, -0.15) is 0 Å². The molecule has 1 heterocycles. The Kier molecular flexibility index (Phi) is 3.81. The number of phenols is 1. The Morgan fingerprint density at radius 3 is 2.78 bits per heavy atom. The van der Waals surface area contributed by atoms with Crippen molar-refractivity contribution in [2.75, 3.05) is 6.54 Å². The van der Waals surface area contributed by atoms with E-state index in [9.17, 15) is 9.90 Å². The normalized spacial score (nSPS) is 24.1. The van der Waals surface area contributed by atoms with Crippen molar-refractivity contribution in [1.29, 1.82) is 0 Å². The van der Waals surface area contributed by atoms with E-state index in [1.807, 2.05) is 4.90 Å². The van der Waals surface area contributed by atoms with Crippen molar-refractivity contribution in [2.24, 2.45) is 5.92 Å². The fraction of sp³-hybridized carbons (Fsp3) is 0.500. The molecule has 18 heavy (non-hydrogen) atoms. The van der Waals surface area contributed by atoms with Gasteiger partial charge < -0.3 is 10.0 Å². The van der Waals surface area contributed by atoms with Gasteiger partial charge in [-0.1, -0.05) is 18.5 Å². The third-order valence-corrected chi connectivity index (χ3v) is 3.82. The molecule has 0 aliphatic carbocycles. The molecule has 0 bridgehead atoms. The minimum absolute atomic E-state index is 0.0432. The number of phenolic OH excluding ortho intramolecular Hbond substituents is 1. The van der Waals surface area contributed by atoms with Gasteiger partial charge >= 0.3 is 0 Å². The fourth-order valence-electron chi connectivity index (χ4n) is 2.55. The molecule has 0 radical (unpaired) electrons. The maximum Gasteiger partial charge on any atom is 0.257 e. The van der Waals surface area contributed by atoms with Crippen LogP contribution in [0.5, 0.6) is 5.75 Å². The highest BCUT2D eigenvalue weighted by molar-refractivity contribution is 6.30. The Hall–Kier alpha value is -1.22. The second-order valence-corrected chi connectivity index (χ2v) is 5.58. The number of amides is 1. The molecule has 3 nitrogen and oxygen atoms in total. The summed E-state index contributed by atoms with van der Waals surface area (Å²) in [5.74, 6) is 0.504. The summed E-state index contributed by atoms with van der Waals surface area (Å²) < 4.78 is 0. The number of benzene rings is 1. The number of hydrogen-bond acceptors (Lipinski definition) is 2. The third-order valence-electron chi connectivity index (χ3n) is 3.59. The molecule has 2 rings (SSSR count). The van der Waals surface area contributed by atoms with Crippen molar-refractivity contribution < 1.29 is 9.90 Å². The van der Waals surface area contributed by atoms with Crippen molar-refractivity contribution in [2.45, 2.75) is 32.7 Å². The van der Waals surface area contributed by atoms with Gasteiger partial charge in [0.05, 0.1) is 5.56 Å². The monoisotopic (exact) mass is 267 g/mol. The van der Waals surface area contributed by atoms with Crippen molar-refractivity contribution in [3.8, 4) is 5.75 Å². The molecule has 1 saturated heterocycles. The summed E-state index contributed by atoms with van der Waals surface area (Å²) in [5, 5.41) is 10.2. The number of rotatable bonds is 1. The van der Waals surface area contributed by atoms with Gasteiger partial charge in [-0.05, 0) is 43.9 Å². The predicted octanol–water partition coefficient (Wildman–Crippen LogP) is 3.31. The molecular weight excluding hydrogens is 250 g/mol. The van der Waals surface area contributed by atoms with Crippen molar-refractivity contribution in [3.05, 3.63) is 28.8 Å². The smallest absolute Gasteiger partial charge is 0.257 e. The number of piperidine rings is 1. The van der Waals surface area contributed by atoms with Crippen LogP contribution in [0, 0.1) is 5.92 Å². The Morgan fingerprint density at radius 2 is 2.17 bits per heavy atom. The second kappa shape index (κ2) is 5.19. The molecule has 1 aliphatic rings. The highest BCUT2D eigenvalue weighted by Crippen LogP contribution is 2.28. The first kappa shape index (κ1) is 13.2. The van der Waals surface area contributed by atoms with Crippen LogP contribution in [0.4, 0.5) is 0 Å². The number of carbonyl (C=O) groups excluding carboxylic acids is 1. The van der Waals surface area contributed by atoms with Crippen LogP contribution in [0.3, 0.4) is 0 Å². The lowest BCUT2D eigenvalue weighted by Gasteiger charge is -2.36. The Labute approximate surface area is 112 Å². The third kappa shape index (κ3) is 2.61. The molecule has 1 fully saturated rings. The van der Waals surface area contributed by atoms with Gasteiger partial charge in [0, 0.05) is 17.6 Å². The summed E-state index contributed by atoms with van der Waals surface area (Å²) in [6.45, 7) is 5.02. The number of likely N-dealkylation sites (tertiary alicyclic amines) is 1. The molecule has 1 aliphatic heterocycles. The van der Waals surface area contributed by atoms with E-state index in [-0.39, 0.29) is 17.7 Å². The number of aromatic hydroxyl groups is 1. The zero-order chi connectivity index (χ0) is 13.3. The minimum Gasteiger partial charge on any atom is -0.507 e. The van der Waals surface area contributed by atoms with E-state index in [2.05, 4.69) is 13.8 Å². The predicted molar refractivity (Wildman–Crippen MR) is 72.0 cm³/mol. The number of nitrogens with zero attached hydrogens (tertiary/aromatic N) is 1. The topological polar surface area (TPSA) is 40.5 Å². The van der Waals surface area contributed by atoms with E-state index in [1.54, 1.807) is 12.1 Å². The average molecular weight is 268 g/mol. The first-order chi connectivity index (χ1) is 8.49. The molecule has 1 aromatic rings. The molecule has 98 valence electrons. The molecule has 1 N–H and O–H groups in total. The lowest BCUT2D eigenvalue weighted by atomic mass is 9.93. The number of carbonyl (C=O) groups is 1. The zero-order valence-corrected chi connectivity index (χ0v) is 11.4. The highest BCUT2D eigenvalue weighted by Gasteiger charge is 2.28. The molecular formula is C14H18ClNO2. The van der Waals surface area contributed by atoms with E-state index < -0.39 is 0 Å². The molecule has 0 aromatic heterocycles. The van der Waals surface area contributed by atoms with Crippen molar-refractivity contribution in [3.63, 3.8) is 0 Å². The van der Waals surface area contributed by atoms with Crippen LogP contribution < -0.4 is 0 Å². The Morgan fingerprint density at radius 1 is 1.44 bits per heavy atom. The quantitative estimate of drug-likeness (QED) is 0.848. The molecule has 0 saturated carbocycles. The number of halogens is 1. The maximum absolute atomic E-state index is 12.4. The largest absolute Gasteiger partial charge is 0.507 e. The summed E-state index contributed by atoms with van der Waals surface area (Å²) in [6, 6.07) is 4.85. The van der Waals surface area contributed by atoms with Crippen molar-refractivity contribution in [1.82, 2.24) is 4.90 Å². The fourth-order valence-corrected chi connectivity index (χ4v) is 2.72. The van der Waals surface area contributed by atoms with Crippen LogP contribution in [-0.2, 0) is 0 Å². The molecule has 2 unspecified atom stereocenters. The first-order valence-corrected chi connectivity index (χ1v) is 6.66. The van der Waals surface area contributed by atoms with Gasteiger partial charge in [-0.3, -0.25) is 4.79 Å². The Balaban J connectivity index is 2.20. The van der Waals surface area contributed by atoms with Crippen LogP contribution in [0.1, 0.15) is 37.0 Å². The standard InChI is InChI=1S/C14H18ClNO2/c1-9-5-6-16(10(2)7-9)14(18)12-4-3-11(15)8-13(12)17/h3-4,8-10,17H,5-7H2,1-2H3. The van der Waals surface area contributed by atoms with Gasteiger partial charge in [0.25, 0.3) is 5.91 Å². The van der Waals surface area contributed by atoms with Crippen LogP contribution in [-0.4, -0.2) is 28.5 Å². The van der Waals surface area contributed by atoms with Crippen LogP contribution >= 0.6 is 11.6 Å². The summed E-state index contributed by atoms with van der Waals surface area (Å²) >= 11 is 5.77. The maximum atomic E-state index is 12.4. The van der Waals surface area contributed by atoms with Gasteiger partial charge in [0.2, 0.25) is 0 Å². The van der Waals surface area contributed by atoms with E-state index >= 15 is 0 Å². The highest BCUT2D eigenvalue weighted by atomic mass is 35.5. The summed E-state index contributed by atoms with van der Waals surface area (Å²) in [7, 11) is 0. The van der Waals surface area contributed by atoms with Gasteiger partial charge in [0.15, 0.2) is 0 Å². The van der Waals surface area contributed by atoms with Gasteiger partial charge in [-0.25, -0.2) is 0 Å². The molecule has 1 amide bonds. The summed E-state index contributed by atoms with van der Waals surface area (Å²) in [5.41, 5.74) is 0.334. The van der Waals surface area contributed by atoms with Crippen LogP contribution in [0.2, 0.25) is 5.02 Å². The van der Waals surface area contributed by atoms with E-state index in [4.69, 9.17) is 11.6 Å². The minimum atomic E-state index is -0.108. The van der Waals surface area contributed by atoms with E-state index in [1.165, 1.54) is 6.07 Å². The van der Waals surface area contributed by atoms with E-state index in [0.717, 1.165) is 19.4 Å². The molecule has 2 atom stereocenters. The molecule has 1 aromatic carbocycles. The van der Waals surface area contributed by atoms with Crippen LogP contribution in [0.15, 0.2) is 18.2 Å². The molecule has 4 heteroatoms. The van der Waals surface area contributed by atoms with Gasteiger partial charge in [-0.15, -0.1) is 0 Å². The Bertz CT molecular complexity index is 461. The van der Waals surface area contributed by atoms with E-state index in [0.29, 0.717) is 16.5 Å². The lowest BCUT2D eigenvalue weighted by Crippen LogP contribution is -2.44. The zero-order valence-electron chi connectivity index (χ0n) is 10.7. The van der Waals surface area contributed by atoms with Gasteiger partial charge in [0.1, 0.15) is 5.75 Å². The summed E-state index contributed by atoms with van der Waals surface area (Å²) in [6.07, 6.45) is 2.03.